The molecule has 1 amide bonds. The van der Waals surface area contributed by atoms with Crippen LogP contribution in [0.25, 0.3) is 0 Å². The lowest BCUT2D eigenvalue weighted by Crippen LogP contribution is -2.40. The average molecular weight is 418 g/mol. The van der Waals surface area contributed by atoms with Crippen LogP contribution in [-0.4, -0.2) is 83.7 Å². The first-order chi connectivity index (χ1) is 14.6. The summed E-state index contributed by atoms with van der Waals surface area (Å²) in [5.41, 5.74) is 1.17. The molecule has 2 aliphatic rings. The Morgan fingerprint density at radius 3 is 2.53 bits per heavy atom. The molecule has 30 heavy (non-hydrogen) atoms. The summed E-state index contributed by atoms with van der Waals surface area (Å²) in [7, 11) is 2.07. The highest BCUT2D eigenvalue weighted by Gasteiger charge is 2.30. The summed E-state index contributed by atoms with van der Waals surface area (Å²) in [6.45, 7) is 7.52. The highest BCUT2D eigenvalue weighted by atomic mass is 16.3. The Hall–Kier alpha value is -1.73. The van der Waals surface area contributed by atoms with Crippen LogP contribution in [0.1, 0.15) is 51.0 Å². The first-order valence-corrected chi connectivity index (χ1v) is 11.7. The number of carbonyl (C=O) groups excluding carboxylic acids is 1. The average Bonchev–Trinajstić information content (AvgIpc) is 3.03. The van der Waals surface area contributed by atoms with Gasteiger partial charge in [0.1, 0.15) is 0 Å². The fourth-order valence-corrected chi connectivity index (χ4v) is 4.72. The minimum atomic E-state index is 0.198. The van der Waals surface area contributed by atoms with Crippen LogP contribution in [0.3, 0.4) is 0 Å². The SMILES string of the molecule is CCc1cnc(N(C)CC[C@H]2CC[C@H](C(=O)N3CCCN(CCO)CC3)CC2)nc1. The molecule has 168 valence electrons. The van der Waals surface area contributed by atoms with Gasteiger partial charge in [0.2, 0.25) is 11.9 Å². The van der Waals surface area contributed by atoms with E-state index >= 15 is 0 Å². The molecule has 1 N–H and O–H groups in total. The summed E-state index contributed by atoms with van der Waals surface area (Å²) >= 11 is 0. The molecule has 1 aliphatic carbocycles. The van der Waals surface area contributed by atoms with Crippen LogP contribution in [-0.2, 0) is 11.2 Å². The van der Waals surface area contributed by atoms with Crippen LogP contribution in [0.4, 0.5) is 5.95 Å². The highest BCUT2D eigenvalue weighted by Crippen LogP contribution is 2.32. The highest BCUT2D eigenvalue weighted by molar-refractivity contribution is 5.79. The molecule has 1 saturated heterocycles. The molecule has 1 aliphatic heterocycles. The predicted molar refractivity (Wildman–Crippen MR) is 119 cm³/mol. The maximum Gasteiger partial charge on any atom is 0.225 e. The van der Waals surface area contributed by atoms with Crippen LogP contribution in [0, 0.1) is 11.8 Å². The first kappa shape index (κ1) is 22.9. The van der Waals surface area contributed by atoms with Crippen LogP contribution in [0.5, 0.6) is 0 Å². The van der Waals surface area contributed by atoms with E-state index in [4.69, 9.17) is 5.11 Å². The molecule has 7 heteroatoms. The molecule has 7 nitrogen and oxygen atoms in total. The number of aliphatic hydroxyl groups excluding tert-OH is 1. The molecule has 1 aromatic heterocycles. The maximum atomic E-state index is 13.0. The van der Waals surface area contributed by atoms with E-state index in [0.29, 0.717) is 11.8 Å². The molecule has 0 atom stereocenters. The van der Waals surface area contributed by atoms with Gasteiger partial charge in [0.05, 0.1) is 6.61 Å². The molecule has 0 aromatic carbocycles. The van der Waals surface area contributed by atoms with Crippen LogP contribution in [0.15, 0.2) is 12.4 Å². The molecule has 2 heterocycles. The summed E-state index contributed by atoms with van der Waals surface area (Å²) in [5, 5.41) is 9.15. The van der Waals surface area contributed by atoms with Gasteiger partial charge in [-0.05, 0) is 63.0 Å². The van der Waals surface area contributed by atoms with E-state index in [1.54, 1.807) is 0 Å². The number of β-amino-alcohol motifs (C(OH)–C–C–N with tert-alkyl or cyclic N) is 1. The third-order valence-corrected chi connectivity index (χ3v) is 6.83. The fourth-order valence-electron chi connectivity index (χ4n) is 4.72. The smallest absolute Gasteiger partial charge is 0.225 e. The van der Waals surface area contributed by atoms with Crippen molar-refractivity contribution >= 4 is 11.9 Å². The van der Waals surface area contributed by atoms with E-state index in [1.165, 1.54) is 5.56 Å². The first-order valence-electron chi connectivity index (χ1n) is 11.7. The lowest BCUT2D eigenvalue weighted by molar-refractivity contribution is -0.136. The molecule has 0 unspecified atom stereocenters. The van der Waals surface area contributed by atoms with E-state index in [2.05, 4.69) is 38.6 Å². The minimum Gasteiger partial charge on any atom is -0.395 e. The van der Waals surface area contributed by atoms with Crippen LogP contribution in [0.2, 0.25) is 0 Å². The number of carbonyl (C=O) groups is 1. The monoisotopic (exact) mass is 417 g/mol. The predicted octanol–water partition coefficient (Wildman–Crippen LogP) is 2.20. The lowest BCUT2D eigenvalue weighted by Gasteiger charge is -2.32. The third kappa shape index (κ3) is 6.38. The van der Waals surface area contributed by atoms with Crippen molar-refractivity contribution in [3.05, 3.63) is 18.0 Å². The number of amides is 1. The topological polar surface area (TPSA) is 72.8 Å². The van der Waals surface area contributed by atoms with Gasteiger partial charge in [-0.2, -0.15) is 0 Å². The number of aliphatic hydroxyl groups is 1. The second-order valence-electron chi connectivity index (χ2n) is 8.92. The quantitative estimate of drug-likeness (QED) is 0.699. The Bertz CT molecular complexity index is 645. The number of rotatable bonds is 8. The summed E-state index contributed by atoms with van der Waals surface area (Å²) in [6.07, 6.45) is 11.3. The van der Waals surface area contributed by atoms with Crippen LogP contribution >= 0.6 is 0 Å². The minimum absolute atomic E-state index is 0.198. The van der Waals surface area contributed by atoms with Crippen molar-refractivity contribution < 1.29 is 9.90 Å². The summed E-state index contributed by atoms with van der Waals surface area (Å²) in [5.74, 6) is 2.05. The van der Waals surface area contributed by atoms with Gasteiger partial charge in [-0.3, -0.25) is 9.69 Å². The number of hydrogen-bond donors (Lipinski definition) is 1. The van der Waals surface area contributed by atoms with Gasteiger partial charge in [-0.25, -0.2) is 9.97 Å². The molecule has 0 radical (unpaired) electrons. The summed E-state index contributed by atoms with van der Waals surface area (Å²) < 4.78 is 0. The standard InChI is InChI=1S/C23H39N5O2/c1-3-19-17-24-23(25-18-19)26(2)12-9-20-5-7-21(8-6-20)22(30)28-11-4-10-27(13-14-28)15-16-29/h17-18,20-21,29H,3-16H2,1-2H3/t20-,21-. The molecule has 2 fully saturated rings. The Morgan fingerprint density at radius 1 is 1.13 bits per heavy atom. The molecule has 1 saturated carbocycles. The van der Waals surface area contributed by atoms with Gasteiger partial charge in [0, 0.05) is 58.1 Å². The molecular formula is C23H39N5O2. The summed E-state index contributed by atoms with van der Waals surface area (Å²) in [4.78, 5) is 28.4. The zero-order chi connectivity index (χ0) is 21.3. The van der Waals surface area contributed by atoms with E-state index in [0.717, 1.165) is 90.2 Å². The van der Waals surface area contributed by atoms with Crippen molar-refractivity contribution in [3.63, 3.8) is 0 Å². The Morgan fingerprint density at radius 2 is 1.87 bits per heavy atom. The van der Waals surface area contributed by atoms with Gasteiger partial charge in [-0.1, -0.05) is 6.92 Å². The number of aryl methyl sites for hydroxylation is 1. The van der Waals surface area contributed by atoms with E-state index in [1.807, 2.05) is 12.4 Å². The van der Waals surface area contributed by atoms with E-state index in [9.17, 15) is 4.79 Å². The fraction of sp³-hybridized carbons (Fsp3) is 0.783. The zero-order valence-electron chi connectivity index (χ0n) is 18.8. The van der Waals surface area contributed by atoms with Gasteiger partial charge < -0.3 is 14.9 Å². The van der Waals surface area contributed by atoms with Gasteiger partial charge in [0.25, 0.3) is 0 Å². The molecular weight excluding hydrogens is 378 g/mol. The lowest BCUT2D eigenvalue weighted by atomic mass is 9.80. The summed E-state index contributed by atoms with van der Waals surface area (Å²) in [6, 6.07) is 0. The van der Waals surface area contributed by atoms with Gasteiger partial charge >= 0.3 is 0 Å². The molecule has 0 bridgehead atoms. The van der Waals surface area contributed by atoms with Crippen molar-refractivity contribution in [1.29, 1.82) is 0 Å². The van der Waals surface area contributed by atoms with Crippen molar-refractivity contribution in [1.82, 2.24) is 19.8 Å². The zero-order valence-corrected chi connectivity index (χ0v) is 18.8. The van der Waals surface area contributed by atoms with Crippen molar-refractivity contribution in [2.24, 2.45) is 11.8 Å². The van der Waals surface area contributed by atoms with Crippen molar-refractivity contribution in [2.45, 2.75) is 51.9 Å². The largest absolute Gasteiger partial charge is 0.395 e. The third-order valence-electron chi connectivity index (χ3n) is 6.83. The molecule has 3 rings (SSSR count). The van der Waals surface area contributed by atoms with Crippen molar-refractivity contribution in [2.75, 3.05) is 57.8 Å². The second kappa shape index (κ2) is 11.6. The number of hydrogen-bond acceptors (Lipinski definition) is 6. The van der Waals surface area contributed by atoms with Gasteiger partial charge in [-0.15, -0.1) is 0 Å². The normalized spacial score (nSPS) is 23.2. The molecule has 0 spiro atoms. The van der Waals surface area contributed by atoms with Crippen LogP contribution < -0.4 is 4.90 Å². The Kier molecular flexibility index (Phi) is 8.88. The number of anilines is 1. The molecule has 1 aromatic rings. The van der Waals surface area contributed by atoms with Gasteiger partial charge in [0.15, 0.2) is 0 Å². The number of aromatic nitrogens is 2. The van der Waals surface area contributed by atoms with Crippen molar-refractivity contribution in [3.8, 4) is 0 Å². The second-order valence-corrected chi connectivity index (χ2v) is 8.92. The van der Waals surface area contributed by atoms with E-state index < -0.39 is 0 Å². The van der Waals surface area contributed by atoms with E-state index in [-0.39, 0.29) is 12.5 Å². The Labute approximate surface area is 181 Å². The Balaban J connectivity index is 1.39. The maximum absolute atomic E-state index is 13.0. The number of nitrogens with zero attached hydrogens (tertiary/aromatic N) is 5.